The lowest BCUT2D eigenvalue weighted by Gasteiger charge is -2.32. The quantitative estimate of drug-likeness (QED) is 0.398. The summed E-state index contributed by atoms with van der Waals surface area (Å²) < 4.78 is 11.7. The highest BCUT2D eigenvalue weighted by Crippen LogP contribution is 2.30. The Balaban J connectivity index is 1.43. The number of hydrogen-bond acceptors (Lipinski definition) is 8. The Labute approximate surface area is 218 Å². The summed E-state index contributed by atoms with van der Waals surface area (Å²) in [7, 11) is 3.83. The number of aryl methyl sites for hydroxylation is 1. The third kappa shape index (κ3) is 7.28. The molecule has 0 atom stereocenters. The van der Waals surface area contributed by atoms with E-state index >= 15 is 0 Å². The molecule has 0 bridgehead atoms. The van der Waals surface area contributed by atoms with Gasteiger partial charge in [-0.1, -0.05) is 18.7 Å². The zero-order chi connectivity index (χ0) is 26.2. The topological polar surface area (TPSA) is 91.8 Å². The fraction of sp³-hybridized carbons (Fsp3) is 0.321. The Morgan fingerprint density at radius 3 is 2.73 bits per heavy atom. The summed E-state index contributed by atoms with van der Waals surface area (Å²) in [5, 5.41) is 5.97. The van der Waals surface area contributed by atoms with E-state index in [4.69, 9.17) is 9.47 Å². The number of carbonyl (C=O) groups excluding carboxylic acids is 1. The minimum absolute atomic E-state index is 0.291. The van der Waals surface area contributed by atoms with Crippen molar-refractivity contribution < 1.29 is 14.3 Å². The van der Waals surface area contributed by atoms with Gasteiger partial charge in [0.1, 0.15) is 11.5 Å². The number of carbonyl (C=O) groups is 1. The number of piperazine rings is 1. The van der Waals surface area contributed by atoms with Crippen molar-refractivity contribution in [2.45, 2.75) is 13.3 Å². The third-order valence-electron chi connectivity index (χ3n) is 6.25. The van der Waals surface area contributed by atoms with Gasteiger partial charge in [-0.3, -0.25) is 4.79 Å². The molecular weight excluding hydrogens is 468 g/mol. The maximum Gasteiger partial charge on any atom is 0.247 e. The van der Waals surface area contributed by atoms with Crippen molar-refractivity contribution in [1.29, 1.82) is 0 Å². The monoisotopic (exact) mass is 502 g/mol. The van der Waals surface area contributed by atoms with E-state index in [-0.39, 0.29) is 5.91 Å². The molecule has 2 heterocycles. The Kier molecular flexibility index (Phi) is 8.71. The fourth-order valence-electron chi connectivity index (χ4n) is 4.01. The van der Waals surface area contributed by atoms with Crippen LogP contribution < -0.4 is 20.1 Å². The normalized spacial score (nSPS) is 14.1. The second-order valence-electron chi connectivity index (χ2n) is 9.06. The Hall–Kier alpha value is -3.95. The van der Waals surface area contributed by atoms with Crippen LogP contribution in [-0.4, -0.2) is 72.6 Å². The number of likely N-dealkylation sites (N-methyl/N-ethyl adjacent to an activating group) is 1. The molecule has 1 saturated heterocycles. The summed E-state index contributed by atoms with van der Waals surface area (Å²) in [6.07, 6.45) is 3.88. The summed E-state index contributed by atoms with van der Waals surface area (Å²) in [5.74, 6) is 1.78. The highest BCUT2D eigenvalue weighted by Gasteiger charge is 2.14. The van der Waals surface area contributed by atoms with Crippen LogP contribution in [0.1, 0.15) is 11.1 Å². The van der Waals surface area contributed by atoms with Crippen LogP contribution in [0.25, 0.3) is 0 Å². The molecule has 3 aromatic rings. The molecule has 0 spiro atoms. The maximum absolute atomic E-state index is 11.6. The minimum atomic E-state index is -0.291. The van der Waals surface area contributed by atoms with Crippen LogP contribution in [-0.2, 0) is 11.2 Å². The molecule has 1 fully saturated rings. The molecule has 9 heteroatoms. The van der Waals surface area contributed by atoms with Crippen molar-refractivity contribution in [1.82, 2.24) is 19.8 Å². The largest absolute Gasteiger partial charge is 0.495 e. The lowest BCUT2D eigenvalue weighted by molar-refractivity contribution is -0.111. The Bertz CT molecular complexity index is 1240. The number of methoxy groups -OCH3 is 1. The van der Waals surface area contributed by atoms with Gasteiger partial charge in [-0.05, 0) is 56.3 Å². The lowest BCUT2D eigenvalue weighted by Crippen LogP contribution is -2.45. The first kappa shape index (κ1) is 26.1. The van der Waals surface area contributed by atoms with E-state index in [9.17, 15) is 4.79 Å². The van der Waals surface area contributed by atoms with E-state index in [0.29, 0.717) is 23.3 Å². The smallest absolute Gasteiger partial charge is 0.247 e. The predicted octanol–water partition coefficient (Wildman–Crippen LogP) is 4.24. The molecule has 194 valence electrons. The number of ether oxygens (including phenoxy) is 2. The van der Waals surface area contributed by atoms with Crippen molar-refractivity contribution in [3.8, 4) is 17.4 Å². The van der Waals surface area contributed by atoms with E-state index in [2.05, 4.69) is 56.2 Å². The molecule has 4 rings (SSSR count). The second kappa shape index (κ2) is 12.3. The second-order valence-corrected chi connectivity index (χ2v) is 9.06. The molecule has 2 N–H and O–H groups in total. The summed E-state index contributed by atoms with van der Waals surface area (Å²) in [6.45, 7) is 10.8. The van der Waals surface area contributed by atoms with E-state index in [1.165, 1.54) is 11.6 Å². The number of aromatic nitrogens is 2. The van der Waals surface area contributed by atoms with Gasteiger partial charge in [0.05, 0.1) is 12.8 Å². The average molecular weight is 503 g/mol. The zero-order valence-electron chi connectivity index (χ0n) is 21.7. The van der Waals surface area contributed by atoms with E-state index < -0.39 is 0 Å². The van der Waals surface area contributed by atoms with Crippen LogP contribution in [0.15, 0.2) is 61.3 Å². The van der Waals surface area contributed by atoms with Crippen LogP contribution >= 0.6 is 0 Å². The molecule has 9 nitrogen and oxygen atoms in total. The Morgan fingerprint density at radius 2 is 1.97 bits per heavy atom. The molecule has 0 unspecified atom stereocenters. The third-order valence-corrected chi connectivity index (χ3v) is 6.25. The molecule has 1 amide bonds. The van der Waals surface area contributed by atoms with Crippen LogP contribution in [0.2, 0.25) is 0 Å². The molecule has 1 aromatic heterocycles. The zero-order valence-corrected chi connectivity index (χ0v) is 21.7. The summed E-state index contributed by atoms with van der Waals surface area (Å²) >= 11 is 0. The molecular formula is C28H34N6O3. The summed E-state index contributed by atoms with van der Waals surface area (Å²) in [6, 6.07) is 13.2. The maximum atomic E-state index is 11.6. The predicted molar refractivity (Wildman–Crippen MR) is 146 cm³/mol. The van der Waals surface area contributed by atoms with Gasteiger partial charge in [-0.15, -0.1) is 0 Å². The summed E-state index contributed by atoms with van der Waals surface area (Å²) in [5.41, 5.74) is 3.37. The standard InChI is InChI=1S/C28H34N6O3/c1-5-26(35)30-22-7-6-8-23(18-22)37-27-20(2)19-29-28(32-27)31-24-10-9-21(17-25(24)36-4)11-12-34-15-13-33(3)14-16-34/h5-10,17-19H,1,11-16H2,2-4H3,(H,30,35)(H,29,31,32). The highest BCUT2D eigenvalue weighted by molar-refractivity contribution is 5.98. The number of benzene rings is 2. The molecule has 0 radical (unpaired) electrons. The highest BCUT2D eigenvalue weighted by atomic mass is 16.5. The Morgan fingerprint density at radius 1 is 1.16 bits per heavy atom. The van der Waals surface area contributed by atoms with Crippen molar-refractivity contribution in [2.75, 3.05) is 57.5 Å². The number of nitrogens with zero attached hydrogens (tertiary/aromatic N) is 4. The van der Waals surface area contributed by atoms with Gasteiger partial charge in [0.15, 0.2) is 0 Å². The molecule has 37 heavy (non-hydrogen) atoms. The van der Waals surface area contributed by atoms with Gasteiger partial charge >= 0.3 is 0 Å². The number of amides is 1. The van der Waals surface area contributed by atoms with Crippen LogP contribution in [0.3, 0.4) is 0 Å². The van der Waals surface area contributed by atoms with E-state index in [1.54, 1.807) is 37.6 Å². The number of anilines is 3. The van der Waals surface area contributed by atoms with Gasteiger partial charge in [0.25, 0.3) is 0 Å². The van der Waals surface area contributed by atoms with Gasteiger partial charge in [0.2, 0.25) is 17.7 Å². The first-order valence-electron chi connectivity index (χ1n) is 12.3. The van der Waals surface area contributed by atoms with E-state index in [0.717, 1.165) is 56.1 Å². The first-order chi connectivity index (χ1) is 17.9. The molecule has 0 aliphatic carbocycles. The van der Waals surface area contributed by atoms with Crippen molar-refractivity contribution >= 4 is 23.2 Å². The molecule has 1 aliphatic rings. The van der Waals surface area contributed by atoms with E-state index in [1.807, 2.05) is 13.0 Å². The van der Waals surface area contributed by atoms with Gasteiger partial charge < -0.3 is 29.9 Å². The van der Waals surface area contributed by atoms with Gasteiger partial charge in [0, 0.05) is 56.2 Å². The van der Waals surface area contributed by atoms with Crippen molar-refractivity contribution in [3.05, 3.63) is 72.4 Å². The molecule has 0 saturated carbocycles. The number of rotatable bonds is 10. The SMILES string of the molecule is C=CC(=O)Nc1cccc(Oc2nc(Nc3ccc(CCN4CCN(C)CC4)cc3OC)ncc2C)c1. The van der Waals surface area contributed by atoms with Crippen molar-refractivity contribution in [2.24, 2.45) is 0 Å². The van der Waals surface area contributed by atoms with Crippen LogP contribution in [0.4, 0.5) is 17.3 Å². The summed E-state index contributed by atoms with van der Waals surface area (Å²) in [4.78, 5) is 25.4. The van der Waals surface area contributed by atoms with Crippen LogP contribution in [0, 0.1) is 6.92 Å². The van der Waals surface area contributed by atoms with Gasteiger partial charge in [-0.2, -0.15) is 4.98 Å². The number of nitrogens with one attached hydrogen (secondary N) is 2. The number of hydrogen-bond donors (Lipinski definition) is 2. The first-order valence-corrected chi connectivity index (χ1v) is 12.3. The van der Waals surface area contributed by atoms with Crippen LogP contribution in [0.5, 0.6) is 17.4 Å². The average Bonchev–Trinajstić information content (AvgIpc) is 2.91. The lowest BCUT2D eigenvalue weighted by atomic mass is 10.1. The van der Waals surface area contributed by atoms with Crippen molar-refractivity contribution in [3.63, 3.8) is 0 Å². The molecule has 2 aromatic carbocycles. The van der Waals surface area contributed by atoms with Gasteiger partial charge in [-0.25, -0.2) is 4.98 Å². The molecule has 1 aliphatic heterocycles. The fourth-order valence-corrected chi connectivity index (χ4v) is 4.01. The minimum Gasteiger partial charge on any atom is -0.495 e.